The third-order valence-corrected chi connectivity index (χ3v) is 5.96. The van der Waals surface area contributed by atoms with E-state index in [4.69, 9.17) is 21.3 Å². The Hall–Kier alpha value is -2.41. The number of rotatable bonds is 12. The van der Waals surface area contributed by atoms with E-state index in [0.717, 1.165) is 41.7 Å². The first-order valence-electron chi connectivity index (χ1n) is 10.6. The molecule has 0 bridgehead atoms. The number of carboxylic acid groups (broad SMARTS) is 1. The molecule has 0 aliphatic rings. The van der Waals surface area contributed by atoms with E-state index < -0.39 is 5.97 Å². The van der Waals surface area contributed by atoms with Crippen LogP contribution in [0.5, 0.6) is 5.75 Å². The van der Waals surface area contributed by atoms with Crippen LogP contribution in [0.4, 0.5) is 0 Å². The van der Waals surface area contributed by atoms with Gasteiger partial charge in [0.25, 0.3) is 0 Å². The molecule has 0 radical (unpaired) electrons. The Morgan fingerprint density at radius 3 is 2.10 bits per heavy atom. The first-order chi connectivity index (χ1) is 14.5. The van der Waals surface area contributed by atoms with Crippen LogP contribution in [0.15, 0.2) is 36.4 Å². The fraction of sp³-hybridized carbons (Fsp3) is 0.458. The van der Waals surface area contributed by atoms with Crippen molar-refractivity contribution in [2.75, 3.05) is 13.2 Å². The smallest absolute Gasteiger partial charge is 0.336 e. The van der Waals surface area contributed by atoms with Crippen LogP contribution < -0.4 is 16.2 Å². The number of aromatic carboxylic acids is 1. The predicted octanol–water partition coefficient (Wildman–Crippen LogP) is 3.56. The average Bonchev–Trinajstić information content (AvgIpc) is 2.78. The highest BCUT2D eigenvalue weighted by molar-refractivity contribution is 5.89. The minimum absolute atomic E-state index is 0.160. The van der Waals surface area contributed by atoms with Crippen LogP contribution in [0.3, 0.4) is 0 Å². The van der Waals surface area contributed by atoms with Gasteiger partial charge in [-0.3, -0.25) is 0 Å². The van der Waals surface area contributed by atoms with Crippen molar-refractivity contribution >= 4 is 5.97 Å². The summed E-state index contributed by atoms with van der Waals surface area (Å²) in [5, 5.41) is 18.3. The van der Waals surface area contributed by atoms with Gasteiger partial charge in [0, 0.05) is 30.7 Å². The summed E-state index contributed by atoms with van der Waals surface area (Å²) >= 11 is 0. The summed E-state index contributed by atoms with van der Waals surface area (Å²) in [6, 6.07) is 11.6. The lowest BCUT2D eigenvalue weighted by Gasteiger charge is -2.34. The summed E-state index contributed by atoms with van der Waals surface area (Å²) in [4.78, 5) is 11.5. The van der Waals surface area contributed by atoms with E-state index in [1.165, 1.54) is 0 Å². The number of carbonyl (C=O) groups is 1. The number of aliphatic hydroxyl groups is 1. The number of hydrogen-bond acceptors (Lipinski definition) is 5. The number of benzene rings is 2. The van der Waals surface area contributed by atoms with E-state index in [-0.39, 0.29) is 24.1 Å². The Bertz CT molecular complexity index is 847. The minimum atomic E-state index is -0.964. The average molecular weight is 415 g/mol. The monoisotopic (exact) mass is 414 g/mol. The van der Waals surface area contributed by atoms with Gasteiger partial charge in [-0.2, -0.15) is 0 Å². The number of unbranched alkanes of at least 4 members (excludes halogenated alkanes) is 1. The highest BCUT2D eigenvalue weighted by Gasteiger charge is 2.32. The molecular weight excluding hydrogens is 380 g/mol. The maximum atomic E-state index is 11.5. The number of carboxylic acids is 1. The Morgan fingerprint density at radius 1 is 0.967 bits per heavy atom. The normalized spacial score (nSPS) is 11.5. The van der Waals surface area contributed by atoms with Crippen LogP contribution in [0.1, 0.15) is 72.1 Å². The van der Waals surface area contributed by atoms with Gasteiger partial charge in [-0.25, -0.2) is 4.79 Å². The fourth-order valence-electron chi connectivity index (χ4n) is 4.08. The fourth-order valence-corrected chi connectivity index (χ4v) is 4.08. The molecule has 164 valence electrons. The third kappa shape index (κ3) is 5.01. The van der Waals surface area contributed by atoms with E-state index in [1.54, 1.807) is 6.07 Å². The van der Waals surface area contributed by atoms with Gasteiger partial charge in [0.2, 0.25) is 0 Å². The van der Waals surface area contributed by atoms with Gasteiger partial charge >= 0.3 is 5.97 Å². The number of nitrogens with two attached hydrogens (primary N) is 2. The van der Waals surface area contributed by atoms with Crippen molar-refractivity contribution in [2.24, 2.45) is 11.5 Å². The quantitative estimate of drug-likeness (QED) is 0.394. The highest BCUT2D eigenvalue weighted by atomic mass is 16.5. The molecule has 0 saturated heterocycles. The predicted molar refractivity (Wildman–Crippen MR) is 119 cm³/mol. The van der Waals surface area contributed by atoms with E-state index in [0.29, 0.717) is 25.1 Å². The molecule has 2 aromatic carbocycles. The molecule has 2 aromatic rings. The topological polar surface area (TPSA) is 119 Å². The summed E-state index contributed by atoms with van der Waals surface area (Å²) < 4.78 is 5.88. The van der Waals surface area contributed by atoms with E-state index in [2.05, 4.69) is 26.0 Å². The zero-order valence-electron chi connectivity index (χ0n) is 18.0. The van der Waals surface area contributed by atoms with Gasteiger partial charge in [0.1, 0.15) is 5.75 Å². The van der Waals surface area contributed by atoms with Gasteiger partial charge in [-0.1, -0.05) is 32.0 Å². The third-order valence-electron chi connectivity index (χ3n) is 5.96. The molecule has 0 atom stereocenters. The molecule has 6 N–H and O–H groups in total. The SMILES string of the molecule is CCC(CC)(c1ccc(OCCCCO)c(CN)c1)c1ccc(C(=O)O)c(CN)c1. The lowest BCUT2D eigenvalue weighted by atomic mass is 9.69. The first-order valence-corrected chi connectivity index (χ1v) is 10.6. The van der Waals surface area contributed by atoms with Gasteiger partial charge < -0.3 is 26.4 Å². The van der Waals surface area contributed by atoms with E-state index in [9.17, 15) is 9.90 Å². The highest BCUT2D eigenvalue weighted by Crippen LogP contribution is 2.41. The first kappa shape index (κ1) is 23.9. The van der Waals surface area contributed by atoms with Gasteiger partial charge in [-0.05, 0) is 60.6 Å². The molecule has 0 heterocycles. The summed E-state index contributed by atoms with van der Waals surface area (Å²) in [5.74, 6) is -0.196. The van der Waals surface area contributed by atoms with E-state index >= 15 is 0 Å². The standard InChI is InChI=1S/C24H34N2O4/c1-3-24(4-2,19-7-9-21(23(28)29)17(13-19)15-25)20-8-10-22(18(14-20)16-26)30-12-6-5-11-27/h7-10,13-14,27H,3-6,11-12,15-16,25-26H2,1-2H3,(H,28,29). The van der Waals surface area contributed by atoms with Crippen molar-refractivity contribution in [3.05, 3.63) is 64.2 Å². The van der Waals surface area contributed by atoms with Gasteiger partial charge in [0.15, 0.2) is 0 Å². The Labute approximate surface area is 178 Å². The second kappa shape index (κ2) is 11.1. The molecule has 6 heteroatoms. The number of ether oxygens (including phenoxy) is 1. The molecule has 2 rings (SSSR count). The molecule has 0 unspecified atom stereocenters. The molecule has 0 aliphatic carbocycles. The molecular formula is C24H34N2O4. The molecule has 0 aliphatic heterocycles. The molecule has 0 fully saturated rings. The maximum absolute atomic E-state index is 11.5. The molecule has 0 aromatic heterocycles. The van der Waals surface area contributed by atoms with Crippen molar-refractivity contribution in [3.8, 4) is 5.75 Å². The second-order valence-corrected chi connectivity index (χ2v) is 7.48. The van der Waals surface area contributed by atoms with Crippen LogP contribution >= 0.6 is 0 Å². The van der Waals surface area contributed by atoms with Crippen LogP contribution in [0, 0.1) is 0 Å². The summed E-state index contributed by atoms with van der Waals surface area (Å²) in [6.45, 7) is 5.51. The lowest BCUT2D eigenvalue weighted by Crippen LogP contribution is -2.27. The Kier molecular flexibility index (Phi) is 8.84. The van der Waals surface area contributed by atoms with Crippen LogP contribution in [0.25, 0.3) is 0 Å². The van der Waals surface area contributed by atoms with Crippen molar-refractivity contribution in [2.45, 2.75) is 58.0 Å². The lowest BCUT2D eigenvalue weighted by molar-refractivity contribution is 0.0695. The maximum Gasteiger partial charge on any atom is 0.336 e. The van der Waals surface area contributed by atoms with Crippen molar-refractivity contribution in [3.63, 3.8) is 0 Å². The van der Waals surface area contributed by atoms with Crippen molar-refractivity contribution < 1.29 is 19.7 Å². The van der Waals surface area contributed by atoms with E-state index in [1.807, 2.05) is 18.2 Å². The largest absolute Gasteiger partial charge is 0.493 e. The van der Waals surface area contributed by atoms with Crippen molar-refractivity contribution in [1.29, 1.82) is 0 Å². The molecule has 0 spiro atoms. The Morgan fingerprint density at radius 2 is 1.57 bits per heavy atom. The van der Waals surface area contributed by atoms with Gasteiger partial charge in [0.05, 0.1) is 12.2 Å². The molecule has 0 saturated carbocycles. The van der Waals surface area contributed by atoms with Crippen LogP contribution in [0.2, 0.25) is 0 Å². The summed E-state index contributed by atoms with van der Waals surface area (Å²) in [7, 11) is 0. The minimum Gasteiger partial charge on any atom is -0.493 e. The zero-order valence-corrected chi connectivity index (χ0v) is 18.0. The summed E-state index contributed by atoms with van der Waals surface area (Å²) in [6.07, 6.45) is 3.19. The number of hydrogen-bond donors (Lipinski definition) is 4. The summed E-state index contributed by atoms with van der Waals surface area (Å²) in [5.41, 5.74) is 15.6. The van der Waals surface area contributed by atoms with Crippen molar-refractivity contribution in [1.82, 2.24) is 0 Å². The molecule has 6 nitrogen and oxygen atoms in total. The molecule has 30 heavy (non-hydrogen) atoms. The van der Waals surface area contributed by atoms with Gasteiger partial charge in [-0.15, -0.1) is 0 Å². The van der Waals surface area contributed by atoms with Crippen LogP contribution in [-0.2, 0) is 18.5 Å². The molecule has 0 amide bonds. The van der Waals surface area contributed by atoms with Crippen LogP contribution in [-0.4, -0.2) is 29.4 Å². The second-order valence-electron chi connectivity index (χ2n) is 7.48. The zero-order chi connectivity index (χ0) is 22.1. The number of aliphatic hydroxyl groups excluding tert-OH is 1. The Balaban J connectivity index is 2.47.